The fourth-order valence-electron chi connectivity index (χ4n) is 3.15. The number of ether oxygens (including phenoxy) is 1. The molecular formula is C18H15N3O4. The Bertz CT molecular complexity index is 962. The molecule has 0 saturated heterocycles. The molecule has 1 aliphatic rings. The zero-order valence-corrected chi connectivity index (χ0v) is 13.3. The van der Waals surface area contributed by atoms with Crippen molar-refractivity contribution in [2.24, 2.45) is 0 Å². The molecule has 1 amide bonds. The van der Waals surface area contributed by atoms with Crippen molar-refractivity contribution in [2.75, 3.05) is 6.54 Å². The molecule has 1 aliphatic heterocycles. The van der Waals surface area contributed by atoms with E-state index in [4.69, 9.17) is 4.74 Å². The third-order valence-corrected chi connectivity index (χ3v) is 4.39. The van der Waals surface area contributed by atoms with Crippen LogP contribution >= 0.6 is 0 Å². The Labute approximate surface area is 143 Å². The number of hydrogen-bond acceptors (Lipinski definition) is 4. The summed E-state index contributed by atoms with van der Waals surface area (Å²) < 4.78 is 5.33. The van der Waals surface area contributed by atoms with E-state index in [1.54, 1.807) is 4.90 Å². The summed E-state index contributed by atoms with van der Waals surface area (Å²) in [6.45, 7) is 1.02. The number of aromatic amines is 1. The quantitative estimate of drug-likeness (QED) is 0.571. The third kappa shape index (κ3) is 2.80. The Kier molecular flexibility index (Phi) is 3.61. The highest BCUT2D eigenvalue weighted by Gasteiger charge is 2.25. The van der Waals surface area contributed by atoms with Crippen LogP contribution in [0.4, 0.5) is 10.5 Å². The van der Waals surface area contributed by atoms with Crippen LogP contribution < -0.4 is 4.74 Å². The summed E-state index contributed by atoms with van der Waals surface area (Å²) in [6.07, 6.45) is 0.299. The number of non-ortho nitro benzene ring substituents is 1. The van der Waals surface area contributed by atoms with E-state index in [-0.39, 0.29) is 11.4 Å². The fraction of sp³-hybridized carbons (Fsp3) is 0.167. The smallest absolute Gasteiger partial charge is 0.410 e. The normalized spacial score (nSPS) is 13.5. The average Bonchev–Trinajstić information content (AvgIpc) is 3.00. The highest BCUT2D eigenvalue weighted by atomic mass is 16.6. The van der Waals surface area contributed by atoms with Crippen molar-refractivity contribution >= 4 is 22.7 Å². The Morgan fingerprint density at radius 2 is 1.92 bits per heavy atom. The van der Waals surface area contributed by atoms with Gasteiger partial charge in [-0.3, -0.25) is 10.1 Å². The Morgan fingerprint density at radius 3 is 2.68 bits per heavy atom. The molecule has 0 radical (unpaired) electrons. The molecule has 2 aromatic carbocycles. The summed E-state index contributed by atoms with van der Waals surface area (Å²) in [5, 5.41) is 11.9. The van der Waals surface area contributed by atoms with Gasteiger partial charge in [0.25, 0.3) is 5.69 Å². The summed E-state index contributed by atoms with van der Waals surface area (Å²) in [4.78, 5) is 27.5. The number of H-pyrrole nitrogens is 1. The Hall–Kier alpha value is -3.35. The van der Waals surface area contributed by atoms with E-state index in [2.05, 4.69) is 11.1 Å². The molecule has 25 heavy (non-hydrogen) atoms. The van der Waals surface area contributed by atoms with Crippen LogP contribution in [0, 0.1) is 10.1 Å². The number of nitrogens with one attached hydrogen (secondary N) is 1. The van der Waals surface area contributed by atoms with Crippen molar-refractivity contribution in [2.45, 2.75) is 13.0 Å². The van der Waals surface area contributed by atoms with Gasteiger partial charge in [0.1, 0.15) is 5.75 Å². The van der Waals surface area contributed by atoms with Gasteiger partial charge in [0.2, 0.25) is 0 Å². The molecule has 0 aliphatic carbocycles. The van der Waals surface area contributed by atoms with Crippen molar-refractivity contribution in [3.63, 3.8) is 0 Å². The first kappa shape index (κ1) is 15.2. The maximum Gasteiger partial charge on any atom is 0.415 e. The lowest BCUT2D eigenvalue weighted by Gasteiger charge is -2.26. The maximum atomic E-state index is 12.4. The van der Waals surface area contributed by atoms with E-state index >= 15 is 0 Å². The van der Waals surface area contributed by atoms with Crippen molar-refractivity contribution in [3.8, 4) is 5.75 Å². The molecule has 0 spiro atoms. The third-order valence-electron chi connectivity index (χ3n) is 4.39. The molecule has 3 aromatic rings. The second-order valence-corrected chi connectivity index (χ2v) is 5.92. The molecule has 0 unspecified atom stereocenters. The molecule has 7 nitrogen and oxygen atoms in total. The minimum atomic E-state index is -0.492. The van der Waals surface area contributed by atoms with Crippen LogP contribution in [0.3, 0.4) is 0 Å². The van der Waals surface area contributed by atoms with E-state index in [0.717, 1.165) is 17.6 Å². The lowest BCUT2D eigenvalue weighted by atomic mass is 10.0. The number of nitro benzene ring substituents is 1. The second-order valence-electron chi connectivity index (χ2n) is 5.92. The van der Waals surface area contributed by atoms with Crippen molar-refractivity contribution in [1.82, 2.24) is 9.88 Å². The van der Waals surface area contributed by atoms with Gasteiger partial charge >= 0.3 is 6.09 Å². The summed E-state index contributed by atoms with van der Waals surface area (Å²) in [5.74, 6) is 0.290. The predicted octanol–water partition coefficient (Wildman–Crippen LogP) is 3.63. The van der Waals surface area contributed by atoms with E-state index in [1.165, 1.54) is 35.2 Å². The number of fused-ring (bicyclic) bond motifs is 3. The van der Waals surface area contributed by atoms with Gasteiger partial charge in [0.15, 0.2) is 0 Å². The lowest BCUT2D eigenvalue weighted by Crippen LogP contribution is -2.37. The van der Waals surface area contributed by atoms with Crippen molar-refractivity contribution in [3.05, 3.63) is 69.9 Å². The first-order valence-corrected chi connectivity index (χ1v) is 7.91. The van der Waals surface area contributed by atoms with Gasteiger partial charge in [-0.1, -0.05) is 18.2 Å². The molecule has 1 N–H and O–H groups in total. The minimum absolute atomic E-state index is 0.0412. The average molecular weight is 337 g/mol. The van der Waals surface area contributed by atoms with Gasteiger partial charge in [0.05, 0.1) is 11.5 Å². The predicted molar refractivity (Wildman–Crippen MR) is 91.5 cm³/mol. The summed E-state index contributed by atoms with van der Waals surface area (Å²) in [5.41, 5.74) is 3.29. The van der Waals surface area contributed by atoms with E-state index < -0.39 is 11.0 Å². The molecule has 0 bridgehead atoms. The Balaban J connectivity index is 1.49. The molecule has 0 atom stereocenters. The number of rotatable bonds is 2. The number of amides is 1. The van der Waals surface area contributed by atoms with Crippen LogP contribution in [-0.2, 0) is 13.0 Å². The summed E-state index contributed by atoms with van der Waals surface area (Å²) >= 11 is 0. The molecular weight excluding hydrogens is 322 g/mol. The number of nitro groups is 1. The molecule has 126 valence electrons. The van der Waals surface area contributed by atoms with E-state index in [1.807, 2.05) is 18.2 Å². The van der Waals surface area contributed by atoms with Crippen LogP contribution in [-0.4, -0.2) is 27.4 Å². The number of benzene rings is 2. The number of hydrogen-bond donors (Lipinski definition) is 1. The molecule has 0 saturated carbocycles. The number of para-hydroxylation sites is 1. The number of nitrogens with zero attached hydrogens (tertiary/aromatic N) is 2. The Morgan fingerprint density at radius 1 is 1.16 bits per heavy atom. The number of carbonyl (C=O) groups is 1. The van der Waals surface area contributed by atoms with Crippen LogP contribution in [0.5, 0.6) is 5.75 Å². The lowest BCUT2D eigenvalue weighted by molar-refractivity contribution is -0.384. The maximum absolute atomic E-state index is 12.4. The zero-order valence-electron chi connectivity index (χ0n) is 13.3. The number of aromatic nitrogens is 1. The molecule has 0 fully saturated rings. The first-order valence-electron chi connectivity index (χ1n) is 7.91. The highest BCUT2D eigenvalue weighted by molar-refractivity contribution is 5.85. The number of carbonyl (C=O) groups excluding carboxylic acids is 1. The minimum Gasteiger partial charge on any atom is -0.410 e. The van der Waals surface area contributed by atoms with Crippen LogP contribution in [0.15, 0.2) is 48.5 Å². The van der Waals surface area contributed by atoms with Gasteiger partial charge in [0, 0.05) is 35.3 Å². The van der Waals surface area contributed by atoms with Crippen LogP contribution in [0.1, 0.15) is 11.3 Å². The van der Waals surface area contributed by atoms with Gasteiger partial charge < -0.3 is 14.6 Å². The first-order chi connectivity index (χ1) is 12.1. The van der Waals surface area contributed by atoms with Crippen molar-refractivity contribution < 1.29 is 14.5 Å². The standard InChI is InChI=1S/C18H15N3O4/c22-18(25-13-7-5-12(6-8-13)21(23)24)20-10-9-15-14-3-1-2-4-16(14)19-17(15)11-20/h1-8,19H,9-11H2. The molecule has 1 aromatic heterocycles. The van der Waals surface area contributed by atoms with Crippen molar-refractivity contribution in [1.29, 1.82) is 0 Å². The summed E-state index contributed by atoms with van der Waals surface area (Å²) in [7, 11) is 0. The van der Waals surface area contributed by atoms with Gasteiger partial charge in [-0.2, -0.15) is 0 Å². The SMILES string of the molecule is O=C(Oc1ccc([N+](=O)[O-])cc1)N1CCc2c([nH]c3ccccc23)C1. The molecule has 4 rings (SSSR count). The highest BCUT2D eigenvalue weighted by Crippen LogP contribution is 2.28. The monoisotopic (exact) mass is 337 g/mol. The van der Waals surface area contributed by atoms with Crippen LogP contribution in [0.2, 0.25) is 0 Å². The van der Waals surface area contributed by atoms with Gasteiger partial charge in [-0.05, 0) is 30.2 Å². The van der Waals surface area contributed by atoms with Crippen LogP contribution in [0.25, 0.3) is 10.9 Å². The van der Waals surface area contributed by atoms with Gasteiger partial charge in [-0.15, -0.1) is 0 Å². The largest absolute Gasteiger partial charge is 0.415 e. The van der Waals surface area contributed by atoms with Gasteiger partial charge in [-0.25, -0.2) is 4.79 Å². The summed E-state index contributed by atoms with van der Waals surface area (Å²) in [6, 6.07) is 13.6. The molecule has 7 heteroatoms. The zero-order chi connectivity index (χ0) is 17.4. The topological polar surface area (TPSA) is 88.5 Å². The fourth-order valence-corrected chi connectivity index (χ4v) is 3.15. The van der Waals surface area contributed by atoms with E-state index in [9.17, 15) is 14.9 Å². The van der Waals surface area contributed by atoms with E-state index in [0.29, 0.717) is 13.1 Å². The molecule has 2 heterocycles. The second kappa shape index (κ2) is 5.94.